The second kappa shape index (κ2) is 6.58. The van der Waals surface area contributed by atoms with Crippen LogP contribution in [0.3, 0.4) is 0 Å². The summed E-state index contributed by atoms with van der Waals surface area (Å²) in [5.74, 6) is 0. The fourth-order valence-electron chi connectivity index (χ4n) is 0.725. The van der Waals surface area contributed by atoms with E-state index in [0.717, 1.165) is 6.61 Å². The monoisotopic (exact) mass is 161 g/mol. The highest BCUT2D eigenvalue weighted by Crippen LogP contribution is 1.85. The molecule has 0 amide bonds. The highest BCUT2D eigenvalue weighted by molar-refractivity contribution is 4.61. The number of ether oxygens (including phenoxy) is 1. The van der Waals surface area contributed by atoms with Crippen molar-refractivity contribution in [2.45, 2.75) is 32.9 Å². The van der Waals surface area contributed by atoms with Gasteiger partial charge in [-0.1, -0.05) is 0 Å². The fraction of sp³-hybridized carbons (Fsp3) is 1.00. The molecule has 0 saturated carbocycles. The van der Waals surface area contributed by atoms with Crippen LogP contribution in [-0.4, -0.2) is 37.0 Å². The molecule has 0 aromatic rings. The second-order valence-corrected chi connectivity index (χ2v) is 2.82. The lowest BCUT2D eigenvalue weighted by Crippen LogP contribution is -2.35. The Labute approximate surface area is 68.8 Å². The van der Waals surface area contributed by atoms with Crippen molar-refractivity contribution in [3.8, 4) is 0 Å². The van der Waals surface area contributed by atoms with Gasteiger partial charge in [-0.3, -0.25) is 0 Å². The average Bonchev–Trinajstić information content (AvgIpc) is 1.97. The maximum atomic E-state index is 8.92. The molecule has 0 fully saturated rings. The zero-order chi connectivity index (χ0) is 8.69. The molecule has 0 aromatic heterocycles. The Morgan fingerprint density at radius 1 is 1.45 bits per heavy atom. The van der Waals surface area contributed by atoms with E-state index in [2.05, 4.69) is 5.32 Å². The van der Waals surface area contributed by atoms with Crippen molar-refractivity contribution >= 4 is 0 Å². The summed E-state index contributed by atoms with van der Waals surface area (Å²) in [6.45, 7) is 7.87. The molecule has 11 heavy (non-hydrogen) atoms. The van der Waals surface area contributed by atoms with Crippen LogP contribution in [0.5, 0.6) is 0 Å². The number of aliphatic hydroxyl groups excluding tert-OH is 1. The van der Waals surface area contributed by atoms with Crippen LogP contribution in [0.2, 0.25) is 0 Å². The van der Waals surface area contributed by atoms with Crippen LogP contribution < -0.4 is 5.32 Å². The van der Waals surface area contributed by atoms with E-state index in [-0.39, 0.29) is 6.10 Å². The maximum Gasteiger partial charge on any atom is 0.0636 e. The molecular formula is C8H19NO2. The molecular weight excluding hydrogens is 142 g/mol. The van der Waals surface area contributed by atoms with Gasteiger partial charge in [-0.05, 0) is 20.8 Å². The largest absolute Gasteiger partial charge is 0.392 e. The van der Waals surface area contributed by atoms with E-state index in [1.54, 1.807) is 6.92 Å². The van der Waals surface area contributed by atoms with Crippen LogP contribution in [-0.2, 0) is 4.74 Å². The van der Waals surface area contributed by atoms with Crippen LogP contribution in [0.4, 0.5) is 0 Å². The van der Waals surface area contributed by atoms with Gasteiger partial charge in [0.15, 0.2) is 0 Å². The van der Waals surface area contributed by atoms with Crippen molar-refractivity contribution in [2.75, 3.05) is 19.8 Å². The first-order valence-corrected chi connectivity index (χ1v) is 4.16. The van der Waals surface area contributed by atoms with E-state index in [4.69, 9.17) is 9.84 Å². The second-order valence-electron chi connectivity index (χ2n) is 2.82. The first-order chi connectivity index (χ1) is 5.16. The fourth-order valence-corrected chi connectivity index (χ4v) is 0.725. The maximum absolute atomic E-state index is 8.92. The van der Waals surface area contributed by atoms with Crippen molar-refractivity contribution in [3.63, 3.8) is 0 Å². The Morgan fingerprint density at radius 2 is 2.09 bits per heavy atom. The number of nitrogens with one attached hydrogen (secondary N) is 1. The predicted molar refractivity (Wildman–Crippen MR) is 45.6 cm³/mol. The third-order valence-corrected chi connectivity index (χ3v) is 1.33. The van der Waals surface area contributed by atoms with Gasteiger partial charge in [0.05, 0.1) is 12.7 Å². The van der Waals surface area contributed by atoms with Crippen LogP contribution in [0.25, 0.3) is 0 Å². The zero-order valence-electron chi connectivity index (χ0n) is 7.63. The molecule has 3 heteroatoms. The molecule has 0 spiro atoms. The van der Waals surface area contributed by atoms with Gasteiger partial charge in [0.25, 0.3) is 0 Å². The molecule has 0 aromatic carbocycles. The van der Waals surface area contributed by atoms with E-state index < -0.39 is 0 Å². The third kappa shape index (κ3) is 7.78. The van der Waals surface area contributed by atoms with E-state index in [0.29, 0.717) is 19.2 Å². The number of hydrogen-bond acceptors (Lipinski definition) is 3. The van der Waals surface area contributed by atoms with Gasteiger partial charge in [-0.2, -0.15) is 0 Å². The highest BCUT2D eigenvalue weighted by atomic mass is 16.5. The molecule has 0 aliphatic heterocycles. The molecule has 0 bridgehead atoms. The Kier molecular flexibility index (Phi) is 6.51. The van der Waals surface area contributed by atoms with Gasteiger partial charge < -0.3 is 15.2 Å². The number of aliphatic hydroxyl groups is 1. The summed E-state index contributed by atoms with van der Waals surface area (Å²) < 4.78 is 5.18. The lowest BCUT2D eigenvalue weighted by atomic mass is 10.3. The lowest BCUT2D eigenvalue weighted by molar-refractivity contribution is 0.118. The first kappa shape index (κ1) is 10.9. The Bertz CT molecular complexity index is 86.2. The Morgan fingerprint density at radius 3 is 2.55 bits per heavy atom. The molecule has 0 radical (unpaired) electrons. The van der Waals surface area contributed by atoms with Gasteiger partial charge in [0.1, 0.15) is 0 Å². The standard InChI is InChI=1S/C8H19NO2/c1-4-11-6-7(2)9-5-8(3)10/h7-10H,4-6H2,1-3H3. The van der Waals surface area contributed by atoms with E-state index in [1.165, 1.54) is 0 Å². The molecule has 0 aliphatic rings. The highest BCUT2D eigenvalue weighted by Gasteiger charge is 2.01. The minimum atomic E-state index is -0.279. The van der Waals surface area contributed by atoms with Crippen LogP contribution in [0.1, 0.15) is 20.8 Å². The summed E-state index contributed by atoms with van der Waals surface area (Å²) in [7, 11) is 0. The van der Waals surface area contributed by atoms with Crippen LogP contribution in [0.15, 0.2) is 0 Å². The molecule has 0 rings (SSSR count). The molecule has 2 atom stereocenters. The molecule has 0 saturated heterocycles. The van der Waals surface area contributed by atoms with Crippen LogP contribution >= 0.6 is 0 Å². The first-order valence-electron chi connectivity index (χ1n) is 4.16. The van der Waals surface area contributed by atoms with Gasteiger partial charge in [0, 0.05) is 19.2 Å². The van der Waals surface area contributed by atoms with Crippen molar-refractivity contribution in [1.29, 1.82) is 0 Å². The van der Waals surface area contributed by atoms with E-state index >= 15 is 0 Å². The Balaban J connectivity index is 3.15. The quantitative estimate of drug-likeness (QED) is 0.592. The number of rotatable bonds is 6. The van der Waals surface area contributed by atoms with Gasteiger partial charge >= 0.3 is 0 Å². The number of hydrogen-bond donors (Lipinski definition) is 2. The predicted octanol–water partition coefficient (Wildman–Crippen LogP) is 0.382. The summed E-state index contributed by atoms with van der Waals surface area (Å²) in [6.07, 6.45) is -0.279. The lowest BCUT2D eigenvalue weighted by Gasteiger charge is -2.14. The summed E-state index contributed by atoms with van der Waals surface area (Å²) in [6, 6.07) is 0.324. The average molecular weight is 161 g/mol. The zero-order valence-corrected chi connectivity index (χ0v) is 7.63. The SMILES string of the molecule is CCOCC(C)NCC(C)O. The van der Waals surface area contributed by atoms with Gasteiger partial charge in [-0.25, -0.2) is 0 Å². The van der Waals surface area contributed by atoms with Crippen LogP contribution in [0, 0.1) is 0 Å². The molecule has 2 N–H and O–H groups in total. The normalized spacial score (nSPS) is 16.4. The van der Waals surface area contributed by atoms with Crippen molar-refractivity contribution in [1.82, 2.24) is 5.32 Å². The third-order valence-electron chi connectivity index (χ3n) is 1.33. The van der Waals surface area contributed by atoms with Crippen molar-refractivity contribution in [3.05, 3.63) is 0 Å². The van der Waals surface area contributed by atoms with Gasteiger partial charge in [0.2, 0.25) is 0 Å². The topological polar surface area (TPSA) is 41.5 Å². The summed E-state index contributed by atoms with van der Waals surface area (Å²) in [4.78, 5) is 0. The summed E-state index contributed by atoms with van der Waals surface area (Å²) in [5.41, 5.74) is 0. The van der Waals surface area contributed by atoms with E-state index in [1.807, 2.05) is 13.8 Å². The van der Waals surface area contributed by atoms with Crippen molar-refractivity contribution in [2.24, 2.45) is 0 Å². The molecule has 2 unspecified atom stereocenters. The van der Waals surface area contributed by atoms with Gasteiger partial charge in [-0.15, -0.1) is 0 Å². The molecule has 68 valence electrons. The Hall–Kier alpha value is -0.120. The van der Waals surface area contributed by atoms with E-state index in [9.17, 15) is 0 Å². The van der Waals surface area contributed by atoms with Crippen molar-refractivity contribution < 1.29 is 9.84 Å². The smallest absolute Gasteiger partial charge is 0.0636 e. The minimum absolute atomic E-state index is 0.279. The molecule has 0 aliphatic carbocycles. The summed E-state index contributed by atoms with van der Waals surface area (Å²) >= 11 is 0. The minimum Gasteiger partial charge on any atom is -0.392 e. The molecule has 0 heterocycles. The summed E-state index contributed by atoms with van der Waals surface area (Å²) in [5, 5.41) is 12.1. The molecule has 3 nitrogen and oxygen atoms in total.